The summed E-state index contributed by atoms with van der Waals surface area (Å²) in [6.07, 6.45) is 3.65. The van der Waals surface area contributed by atoms with E-state index in [1.165, 1.54) is 12.2 Å². The van der Waals surface area contributed by atoms with E-state index in [0.29, 0.717) is 64.7 Å². The SMILES string of the molecule is C=C1C[C@@H]2CC[C@@]34C[C@H]5OC6C(O[C@H]7CC[C@H](CC(=O)C[C@@H]8[C@@H](OC)[C@@H](C[C@H](O)CNC(=O)[C@H](CCCNC(N)=O)NC(=O)[C@@H](NC(=O)CN9CCOCCOCCN(C(=O)CCCN%10C(=O)C=CC%10=O)CCOCCOCC9)C(C)C)O[C@H]8C[C@H]8O[C@@H](CC[C@@H]1O2)C[C@@H](C)C8=C)O[C@@H]7[C@@H]6O3)[C@H]5O4. The Morgan fingerprint density at radius 2 is 1.35 bits per heavy atom. The summed E-state index contributed by atoms with van der Waals surface area (Å²) in [5.41, 5.74) is 7.38. The first kappa shape index (κ1) is 78.6. The molecule has 0 saturated carbocycles. The van der Waals surface area contributed by atoms with Crippen LogP contribution in [0.5, 0.6) is 0 Å². The highest BCUT2D eigenvalue weighted by Crippen LogP contribution is 2.55. The number of methoxy groups -OCH3 is 1. The van der Waals surface area contributed by atoms with Crippen LogP contribution in [0.1, 0.15) is 130 Å². The number of hydrogen-bond donors (Lipinski definition) is 6. The zero-order valence-electron chi connectivity index (χ0n) is 60.5. The predicted octanol–water partition coefficient (Wildman–Crippen LogP) is 1.59. The van der Waals surface area contributed by atoms with Crippen LogP contribution in [0.3, 0.4) is 0 Å². The number of Topliss-reactive ketones (excluding diaryl/α,β-unsaturated/α-hetero) is 1. The van der Waals surface area contributed by atoms with Gasteiger partial charge in [-0.1, -0.05) is 33.9 Å². The van der Waals surface area contributed by atoms with Crippen LogP contribution in [-0.2, 0) is 95.1 Å². The number of carbonyl (C=O) groups excluding carboxylic acids is 8. The third-order valence-electron chi connectivity index (χ3n) is 22.3. The number of imide groups is 1. The number of nitrogens with zero attached hydrogens (tertiary/aromatic N) is 3. The van der Waals surface area contributed by atoms with Gasteiger partial charge in [-0.25, -0.2) is 4.79 Å². The molecule has 1 spiro atoms. The average molecular weight is 1450 g/mol. The van der Waals surface area contributed by atoms with Crippen molar-refractivity contribution in [3.8, 4) is 0 Å². The highest BCUT2D eigenvalue weighted by atomic mass is 16.8. The molecule has 30 nitrogen and oxygen atoms in total. The maximum Gasteiger partial charge on any atom is 0.312 e. The summed E-state index contributed by atoms with van der Waals surface area (Å²) < 4.78 is 84.5. The Labute approximate surface area is 603 Å². The molecule has 12 rings (SSSR count). The molecule has 30 heteroatoms. The first-order chi connectivity index (χ1) is 49.6. The van der Waals surface area contributed by atoms with Crippen LogP contribution in [-0.4, -0.2) is 295 Å². The number of aliphatic hydroxyl groups excluding tert-OH is 1. The van der Waals surface area contributed by atoms with Crippen molar-refractivity contribution in [2.24, 2.45) is 23.5 Å². The van der Waals surface area contributed by atoms with E-state index >= 15 is 0 Å². The number of amides is 8. The lowest BCUT2D eigenvalue weighted by molar-refractivity contribution is -0.292. The number of ketones is 1. The van der Waals surface area contributed by atoms with Crippen LogP contribution in [0.15, 0.2) is 36.5 Å². The number of primary amides is 1. The van der Waals surface area contributed by atoms with E-state index in [-0.39, 0.29) is 184 Å². The number of urea groups is 1. The van der Waals surface area contributed by atoms with Gasteiger partial charge in [0.15, 0.2) is 5.79 Å². The minimum absolute atomic E-state index is 0.00567. The fourth-order valence-electron chi connectivity index (χ4n) is 16.8. The fraction of sp³-hybridized carbons (Fsp3) is 0.808. The minimum atomic E-state index is -1.19. The molecule has 576 valence electrons. The van der Waals surface area contributed by atoms with Crippen molar-refractivity contribution in [1.29, 1.82) is 0 Å². The van der Waals surface area contributed by atoms with Gasteiger partial charge >= 0.3 is 6.03 Å². The number of carbonyl (C=O) groups is 8. The van der Waals surface area contributed by atoms with Gasteiger partial charge in [0.2, 0.25) is 23.6 Å². The Hall–Kier alpha value is -5.42. The summed E-state index contributed by atoms with van der Waals surface area (Å²) in [5.74, 6) is -4.32. The van der Waals surface area contributed by atoms with Crippen molar-refractivity contribution in [3.05, 3.63) is 36.5 Å². The van der Waals surface area contributed by atoms with Gasteiger partial charge in [-0.05, 0) is 87.2 Å². The molecular formula is C73H112N8O22. The molecule has 11 saturated heterocycles. The van der Waals surface area contributed by atoms with Gasteiger partial charge < -0.3 is 98.6 Å². The van der Waals surface area contributed by atoms with Gasteiger partial charge in [-0.2, -0.15) is 0 Å². The van der Waals surface area contributed by atoms with Crippen LogP contribution >= 0.6 is 0 Å². The van der Waals surface area contributed by atoms with Gasteiger partial charge in [-0.15, -0.1) is 0 Å². The third kappa shape index (κ3) is 20.6. The van der Waals surface area contributed by atoms with E-state index in [1.807, 2.05) is 4.90 Å². The van der Waals surface area contributed by atoms with Crippen LogP contribution < -0.4 is 27.0 Å². The van der Waals surface area contributed by atoms with Crippen molar-refractivity contribution in [3.63, 3.8) is 0 Å². The number of fused-ring (bicyclic) bond motifs is 6. The maximum atomic E-state index is 14.7. The molecule has 0 aromatic rings. The first-order valence-corrected chi connectivity index (χ1v) is 37.7. The summed E-state index contributed by atoms with van der Waals surface area (Å²) in [6.45, 7) is 17.7. The first-order valence-electron chi connectivity index (χ1n) is 37.7. The molecular weight excluding hydrogens is 1340 g/mol. The lowest BCUT2D eigenvalue weighted by atomic mass is 9.81. The van der Waals surface area contributed by atoms with E-state index in [9.17, 15) is 43.5 Å². The lowest BCUT2D eigenvalue weighted by Crippen LogP contribution is -2.61. The molecule has 0 radical (unpaired) electrons. The van der Waals surface area contributed by atoms with Crippen molar-refractivity contribution in [2.75, 3.05) is 112 Å². The number of aliphatic hydroxyl groups is 1. The molecule has 11 fully saturated rings. The van der Waals surface area contributed by atoms with Gasteiger partial charge in [0, 0.05) is 116 Å². The van der Waals surface area contributed by atoms with E-state index < -0.39 is 114 Å². The van der Waals surface area contributed by atoms with E-state index in [0.717, 1.165) is 48.2 Å². The third-order valence-corrected chi connectivity index (χ3v) is 22.3. The van der Waals surface area contributed by atoms with E-state index in [2.05, 4.69) is 41.3 Å². The van der Waals surface area contributed by atoms with Gasteiger partial charge in [0.05, 0.1) is 127 Å². The molecule has 12 bridgehead atoms. The topological polar surface area (TPSA) is 361 Å². The van der Waals surface area contributed by atoms with Crippen LogP contribution in [0.25, 0.3) is 0 Å². The number of rotatable bonds is 20. The molecule has 0 aromatic carbocycles. The lowest BCUT2D eigenvalue weighted by Gasteiger charge is -2.47. The molecule has 0 aromatic heterocycles. The summed E-state index contributed by atoms with van der Waals surface area (Å²) in [4.78, 5) is 111. The Kier molecular flexibility index (Phi) is 28.2. The molecule has 2 unspecified atom stereocenters. The van der Waals surface area contributed by atoms with Gasteiger partial charge in [0.1, 0.15) is 48.4 Å². The normalized spacial score (nSPS) is 35.9. The van der Waals surface area contributed by atoms with E-state index in [1.54, 1.807) is 25.9 Å². The minimum Gasteiger partial charge on any atom is -0.391 e. The number of nitrogens with two attached hydrogens (primary N) is 1. The number of hydrogen-bond acceptors (Lipinski definition) is 23. The molecule has 7 N–H and O–H groups in total. The molecule has 12 aliphatic rings. The molecule has 12 heterocycles. The summed E-state index contributed by atoms with van der Waals surface area (Å²) in [5, 5.41) is 22.9. The Bertz CT molecular complexity index is 2960. The van der Waals surface area contributed by atoms with E-state index in [4.69, 9.17) is 67.3 Å². The second kappa shape index (κ2) is 36.9. The Morgan fingerprint density at radius 1 is 0.689 bits per heavy atom. The van der Waals surface area contributed by atoms with Crippen molar-refractivity contribution in [2.45, 2.75) is 245 Å². The summed E-state index contributed by atoms with van der Waals surface area (Å²) in [7, 11) is 1.57. The Balaban J connectivity index is 0.690. The summed E-state index contributed by atoms with van der Waals surface area (Å²) >= 11 is 0. The number of ether oxygens (including phenoxy) is 13. The molecule has 21 atom stereocenters. The van der Waals surface area contributed by atoms with Crippen molar-refractivity contribution < 1.29 is 105 Å². The second-order valence-electron chi connectivity index (χ2n) is 30.1. The zero-order chi connectivity index (χ0) is 72.9. The van der Waals surface area contributed by atoms with Crippen molar-refractivity contribution in [1.82, 2.24) is 36.0 Å². The average Bonchev–Trinajstić information content (AvgIpc) is 1.55. The van der Waals surface area contributed by atoms with Gasteiger partial charge in [-0.3, -0.25) is 43.4 Å². The van der Waals surface area contributed by atoms with Crippen molar-refractivity contribution >= 4 is 47.3 Å². The maximum absolute atomic E-state index is 14.7. The molecule has 12 aliphatic heterocycles. The Morgan fingerprint density at radius 3 is 2.05 bits per heavy atom. The fourth-order valence-corrected chi connectivity index (χ4v) is 16.8. The molecule has 8 amide bonds. The zero-order valence-corrected chi connectivity index (χ0v) is 60.5. The second-order valence-corrected chi connectivity index (χ2v) is 30.1. The smallest absolute Gasteiger partial charge is 0.312 e. The van der Waals surface area contributed by atoms with Crippen LogP contribution in [0.2, 0.25) is 0 Å². The van der Waals surface area contributed by atoms with Crippen LogP contribution in [0.4, 0.5) is 4.79 Å². The highest BCUT2D eigenvalue weighted by molar-refractivity contribution is 6.12. The standard InChI is InChI=1S/C73H112N8O22/c1-42(2)63(78-59(84)41-79-21-25-92-29-31-94-27-23-80(24-28-95-32-30-93-26-22-79)60(85)10-8-20-81-61(86)15-16-62(81)87)71(89)77-52(9-7-19-75-72(74)90)70(88)76-40-47(83)37-57-64(91-6)51-36-46(82)35-49-12-14-54-65(98-49)69-68-67(100-54)66-58(101-68)39-73(102-66,103-69)18-17-50-34-44(4)53(96-50)13-11-48-33-43(3)45(5)55(97-48)38-56(51)99-57/h15-16,42-43,47-58,63-69,83H,4-5,7-14,17-41H2,1-3,6H3,(H,76,88)(H,77,89)(H,78,84)(H3,74,75,90)/t43-,47+,48+,49-,50+,51+,52+,53+,54+,55-,56+,57-,58-,63+,64-,65+,66+,67?,68?,69+,73+/m1/s1. The molecule has 0 aliphatic carbocycles. The molecule has 103 heavy (non-hydrogen) atoms. The summed E-state index contributed by atoms with van der Waals surface area (Å²) in [6, 6.07) is -3.02. The largest absolute Gasteiger partial charge is 0.391 e. The van der Waals surface area contributed by atoms with Gasteiger partial charge in [0.25, 0.3) is 11.8 Å². The van der Waals surface area contributed by atoms with Crippen LogP contribution in [0, 0.1) is 17.8 Å². The predicted molar refractivity (Wildman–Crippen MR) is 367 cm³/mol. The number of nitrogens with one attached hydrogen (secondary N) is 4. The quantitative estimate of drug-likeness (QED) is 0.0572. The highest BCUT2D eigenvalue weighted by Gasteiger charge is 2.69. The monoisotopic (exact) mass is 1450 g/mol.